The molecule has 1 atom stereocenters. The Labute approximate surface area is 179 Å². The molecule has 31 heavy (non-hydrogen) atoms. The molecule has 0 aliphatic heterocycles. The van der Waals surface area contributed by atoms with E-state index >= 15 is 0 Å². The lowest BCUT2D eigenvalue weighted by atomic mass is 10.1. The molecule has 2 aromatic carbocycles. The first-order valence-corrected chi connectivity index (χ1v) is 9.63. The van der Waals surface area contributed by atoms with Gasteiger partial charge in [0, 0.05) is 26.0 Å². The van der Waals surface area contributed by atoms with Gasteiger partial charge in [0.1, 0.15) is 23.4 Å². The molecule has 0 saturated carbocycles. The van der Waals surface area contributed by atoms with Crippen molar-refractivity contribution in [3.05, 3.63) is 83.7 Å². The van der Waals surface area contributed by atoms with E-state index in [1.807, 2.05) is 23.7 Å². The zero-order valence-corrected chi connectivity index (χ0v) is 17.3. The summed E-state index contributed by atoms with van der Waals surface area (Å²) in [6.07, 6.45) is 3.44. The van der Waals surface area contributed by atoms with Crippen LogP contribution < -0.4 is 20.7 Å². The fraction of sp³-hybridized carbons (Fsp3) is 0.227. The number of aryl methyl sites for hydroxylation is 1. The zero-order valence-electron chi connectivity index (χ0n) is 17.3. The Morgan fingerprint density at radius 3 is 2.42 bits per heavy atom. The minimum atomic E-state index is -0.502. The highest BCUT2D eigenvalue weighted by Gasteiger charge is 2.21. The summed E-state index contributed by atoms with van der Waals surface area (Å²) in [4.78, 5) is 28.8. The van der Waals surface area contributed by atoms with Gasteiger partial charge in [0.2, 0.25) is 5.91 Å². The molecule has 0 bridgehead atoms. The van der Waals surface area contributed by atoms with Crippen molar-refractivity contribution < 1.29 is 18.7 Å². The van der Waals surface area contributed by atoms with Crippen LogP contribution in [-0.2, 0) is 18.4 Å². The summed E-state index contributed by atoms with van der Waals surface area (Å²) in [5.41, 5.74) is 1.57. The van der Waals surface area contributed by atoms with Crippen LogP contribution in [-0.4, -0.2) is 35.1 Å². The van der Waals surface area contributed by atoms with E-state index in [-0.39, 0.29) is 24.8 Å². The summed E-state index contributed by atoms with van der Waals surface area (Å²) in [5.74, 6) is 0.636. The lowest BCUT2D eigenvalue weighted by Crippen LogP contribution is -2.43. The van der Waals surface area contributed by atoms with Crippen molar-refractivity contribution >= 4 is 11.9 Å². The van der Waals surface area contributed by atoms with Gasteiger partial charge in [0.15, 0.2) is 0 Å². The fourth-order valence-corrected chi connectivity index (χ4v) is 2.97. The van der Waals surface area contributed by atoms with Gasteiger partial charge >= 0.3 is 6.03 Å². The lowest BCUT2D eigenvalue weighted by molar-refractivity contribution is -0.120. The summed E-state index contributed by atoms with van der Waals surface area (Å²) in [5, 5.41) is 8.04. The molecule has 1 aromatic heterocycles. The minimum absolute atomic E-state index is 0.216. The van der Waals surface area contributed by atoms with E-state index < -0.39 is 12.1 Å². The molecule has 0 fully saturated rings. The van der Waals surface area contributed by atoms with Crippen LogP contribution in [0.5, 0.6) is 5.75 Å². The van der Waals surface area contributed by atoms with Crippen LogP contribution in [0.3, 0.4) is 0 Å². The highest BCUT2D eigenvalue weighted by atomic mass is 19.1. The first kappa shape index (κ1) is 21.8. The number of hydrogen-bond donors (Lipinski definition) is 3. The number of aromatic nitrogens is 2. The molecule has 0 spiro atoms. The Balaban J connectivity index is 1.57. The van der Waals surface area contributed by atoms with E-state index in [4.69, 9.17) is 4.74 Å². The highest BCUT2D eigenvalue weighted by Crippen LogP contribution is 2.22. The molecular weight excluding hydrogens is 401 g/mol. The quantitative estimate of drug-likeness (QED) is 0.516. The largest absolute Gasteiger partial charge is 0.497 e. The monoisotopic (exact) mass is 425 g/mol. The van der Waals surface area contributed by atoms with Crippen molar-refractivity contribution in [3.63, 3.8) is 0 Å². The number of carbonyl (C=O) groups excluding carboxylic acids is 2. The van der Waals surface area contributed by atoms with Crippen LogP contribution in [0.2, 0.25) is 0 Å². The predicted molar refractivity (Wildman–Crippen MR) is 113 cm³/mol. The average Bonchev–Trinajstić information content (AvgIpc) is 3.21. The first-order chi connectivity index (χ1) is 15.0. The Kier molecular flexibility index (Phi) is 7.21. The van der Waals surface area contributed by atoms with Crippen molar-refractivity contribution in [2.24, 2.45) is 7.05 Å². The molecule has 3 aromatic rings. The van der Waals surface area contributed by atoms with Gasteiger partial charge in [0.05, 0.1) is 13.7 Å². The van der Waals surface area contributed by atoms with Crippen molar-refractivity contribution in [3.8, 4) is 5.75 Å². The number of hydrogen-bond acceptors (Lipinski definition) is 4. The number of nitrogens with zero attached hydrogens (tertiary/aromatic N) is 2. The number of methoxy groups -OCH3 is 1. The third kappa shape index (κ3) is 6.05. The standard InChI is InChI=1S/C22H24FN5O3/c1-28-12-11-24-21(28)20(16-5-9-18(31-2)10-6-16)27-19(29)14-26-22(30)25-13-15-3-7-17(23)8-4-15/h3-12,20H,13-14H2,1-2H3,(H,27,29)(H2,25,26,30)/t20-/m0/s1. The van der Waals surface area contributed by atoms with Crippen LogP contribution in [0.15, 0.2) is 60.9 Å². The number of amides is 3. The number of urea groups is 1. The fourth-order valence-electron chi connectivity index (χ4n) is 2.97. The first-order valence-electron chi connectivity index (χ1n) is 9.63. The molecule has 0 aliphatic rings. The molecule has 0 radical (unpaired) electrons. The molecule has 0 unspecified atom stereocenters. The third-order valence-corrected chi connectivity index (χ3v) is 4.65. The van der Waals surface area contributed by atoms with Crippen LogP contribution in [0.1, 0.15) is 23.0 Å². The second-order valence-corrected chi connectivity index (χ2v) is 6.83. The van der Waals surface area contributed by atoms with Gasteiger partial charge in [-0.2, -0.15) is 0 Å². The van der Waals surface area contributed by atoms with E-state index in [0.717, 1.165) is 11.1 Å². The number of ether oxygens (including phenoxy) is 1. The number of carbonyl (C=O) groups is 2. The zero-order chi connectivity index (χ0) is 22.2. The Morgan fingerprint density at radius 2 is 1.81 bits per heavy atom. The van der Waals surface area contributed by atoms with Gasteiger partial charge < -0.3 is 25.3 Å². The minimum Gasteiger partial charge on any atom is -0.497 e. The Morgan fingerprint density at radius 1 is 1.10 bits per heavy atom. The summed E-state index contributed by atoms with van der Waals surface area (Å²) < 4.78 is 19.9. The molecular formula is C22H24FN5O3. The van der Waals surface area contributed by atoms with E-state index in [1.165, 1.54) is 12.1 Å². The van der Waals surface area contributed by atoms with Crippen molar-refractivity contribution in [1.82, 2.24) is 25.5 Å². The average molecular weight is 425 g/mol. The number of rotatable bonds is 8. The van der Waals surface area contributed by atoms with Crippen LogP contribution in [0, 0.1) is 5.82 Å². The maximum absolute atomic E-state index is 12.9. The van der Waals surface area contributed by atoms with E-state index in [2.05, 4.69) is 20.9 Å². The summed E-state index contributed by atoms with van der Waals surface area (Å²) in [6.45, 7) is 0.00179. The number of nitrogens with one attached hydrogen (secondary N) is 3. The van der Waals surface area contributed by atoms with E-state index in [0.29, 0.717) is 11.6 Å². The van der Waals surface area contributed by atoms with E-state index in [1.54, 1.807) is 43.8 Å². The molecule has 0 aliphatic carbocycles. The normalized spacial score (nSPS) is 11.5. The van der Waals surface area contributed by atoms with E-state index in [9.17, 15) is 14.0 Å². The van der Waals surface area contributed by atoms with Crippen molar-refractivity contribution in [2.75, 3.05) is 13.7 Å². The Bertz CT molecular complexity index is 1020. The SMILES string of the molecule is COc1ccc([C@H](NC(=O)CNC(=O)NCc2ccc(F)cc2)c2nccn2C)cc1. The molecule has 8 nitrogen and oxygen atoms in total. The van der Waals surface area contributed by atoms with Crippen LogP contribution in [0.4, 0.5) is 9.18 Å². The summed E-state index contributed by atoms with van der Waals surface area (Å²) >= 11 is 0. The van der Waals surface area contributed by atoms with Gasteiger partial charge in [-0.05, 0) is 35.4 Å². The van der Waals surface area contributed by atoms with Crippen LogP contribution >= 0.6 is 0 Å². The second kappa shape index (κ2) is 10.2. The number of imidazole rings is 1. The van der Waals surface area contributed by atoms with Gasteiger partial charge in [-0.25, -0.2) is 14.2 Å². The molecule has 3 amide bonds. The van der Waals surface area contributed by atoms with Gasteiger partial charge in [-0.3, -0.25) is 4.79 Å². The summed E-state index contributed by atoms with van der Waals surface area (Å²) in [6, 6.07) is 12.1. The molecule has 3 N–H and O–H groups in total. The smallest absolute Gasteiger partial charge is 0.315 e. The summed E-state index contributed by atoms with van der Waals surface area (Å²) in [7, 11) is 3.42. The van der Waals surface area contributed by atoms with Gasteiger partial charge in [0.25, 0.3) is 0 Å². The Hall–Kier alpha value is -3.88. The van der Waals surface area contributed by atoms with Crippen molar-refractivity contribution in [2.45, 2.75) is 12.6 Å². The molecule has 162 valence electrons. The van der Waals surface area contributed by atoms with Gasteiger partial charge in [-0.15, -0.1) is 0 Å². The van der Waals surface area contributed by atoms with Crippen molar-refractivity contribution in [1.29, 1.82) is 0 Å². The van der Waals surface area contributed by atoms with Gasteiger partial charge in [-0.1, -0.05) is 24.3 Å². The topological polar surface area (TPSA) is 97.3 Å². The molecule has 0 saturated heterocycles. The molecule has 3 rings (SSSR count). The van der Waals surface area contributed by atoms with Crippen LogP contribution in [0.25, 0.3) is 0 Å². The molecule has 1 heterocycles. The maximum atomic E-state index is 12.9. The highest BCUT2D eigenvalue weighted by molar-refractivity contribution is 5.84. The lowest BCUT2D eigenvalue weighted by Gasteiger charge is -2.19. The number of halogens is 1. The molecule has 9 heteroatoms. The number of benzene rings is 2. The predicted octanol–water partition coefficient (Wildman–Crippen LogP) is 2.27. The maximum Gasteiger partial charge on any atom is 0.315 e. The third-order valence-electron chi connectivity index (χ3n) is 4.65. The second-order valence-electron chi connectivity index (χ2n) is 6.83.